The van der Waals surface area contributed by atoms with Gasteiger partial charge in [0.05, 0.1) is 0 Å². The van der Waals surface area contributed by atoms with Gasteiger partial charge in [0.1, 0.15) is 11.6 Å². The summed E-state index contributed by atoms with van der Waals surface area (Å²) in [6, 6.07) is 7.65. The van der Waals surface area contributed by atoms with Gasteiger partial charge in [-0.25, -0.2) is 0 Å². The van der Waals surface area contributed by atoms with E-state index in [0.29, 0.717) is 6.54 Å². The topological polar surface area (TPSA) is 45.8 Å². The van der Waals surface area contributed by atoms with Gasteiger partial charge in [0.2, 0.25) is 0 Å². The molecule has 0 bridgehead atoms. The summed E-state index contributed by atoms with van der Waals surface area (Å²) in [6.45, 7) is 2.46. The number of hydrogen-bond acceptors (Lipinski definition) is 3. The number of aromatic nitrogens is 1. The first kappa shape index (κ1) is 10.7. The van der Waals surface area contributed by atoms with Crippen molar-refractivity contribution >= 4 is 11.3 Å². The van der Waals surface area contributed by atoms with Gasteiger partial charge in [0, 0.05) is 23.2 Å². The highest BCUT2D eigenvalue weighted by molar-refractivity contribution is 7.13. The molecule has 0 saturated heterocycles. The highest BCUT2D eigenvalue weighted by Crippen LogP contribution is 2.25. The molecule has 0 fully saturated rings. The van der Waals surface area contributed by atoms with Gasteiger partial charge in [-0.1, -0.05) is 6.07 Å². The fraction of sp³-hybridized carbons (Fsp3) is 0.167. The van der Waals surface area contributed by atoms with E-state index in [4.69, 9.17) is 5.26 Å². The summed E-state index contributed by atoms with van der Waals surface area (Å²) < 4.78 is 1.54. The highest BCUT2D eigenvalue weighted by Gasteiger charge is 2.11. The molecule has 2 aromatic rings. The summed E-state index contributed by atoms with van der Waals surface area (Å²) in [6.07, 6.45) is 1.73. The molecular weight excluding hydrogens is 220 g/mol. The molecule has 4 heteroatoms. The van der Waals surface area contributed by atoms with Gasteiger partial charge in [-0.2, -0.15) is 5.26 Å². The van der Waals surface area contributed by atoms with Crippen molar-refractivity contribution < 1.29 is 0 Å². The SMILES string of the molecule is CCn1ccc(-c2cccs2)c(C#N)c1=O. The predicted octanol–water partition coefficient (Wildman–Crippen LogP) is 2.47. The smallest absolute Gasteiger partial charge is 0.269 e. The van der Waals surface area contributed by atoms with Gasteiger partial charge in [0.15, 0.2) is 0 Å². The fourth-order valence-corrected chi connectivity index (χ4v) is 2.33. The molecule has 0 radical (unpaired) electrons. The van der Waals surface area contributed by atoms with Crippen molar-refractivity contribution in [3.8, 4) is 16.5 Å². The minimum atomic E-state index is -0.212. The third-order valence-electron chi connectivity index (χ3n) is 2.40. The van der Waals surface area contributed by atoms with Gasteiger partial charge in [-0.05, 0) is 24.4 Å². The summed E-state index contributed by atoms with van der Waals surface area (Å²) in [4.78, 5) is 12.8. The zero-order valence-corrected chi connectivity index (χ0v) is 9.62. The average Bonchev–Trinajstić information content (AvgIpc) is 2.82. The zero-order chi connectivity index (χ0) is 11.5. The van der Waals surface area contributed by atoms with Crippen molar-refractivity contribution in [1.29, 1.82) is 5.26 Å². The van der Waals surface area contributed by atoms with Gasteiger partial charge >= 0.3 is 0 Å². The summed E-state index contributed by atoms with van der Waals surface area (Å²) in [5.41, 5.74) is 0.745. The van der Waals surface area contributed by atoms with Crippen LogP contribution >= 0.6 is 11.3 Å². The highest BCUT2D eigenvalue weighted by atomic mass is 32.1. The zero-order valence-electron chi connectivity index (χ0n) is 8.80. The second-order valence-corrected chi connectivity index (χ2v) is 4.23. The molecule has 0 atom stereocenters. The Morgan fingerprint density at radius 1 is 1.50 bits per heavy atom. The van der Waals surface area contributed by atoms with Gasteiger partial charge in [-0.3, -0.25) is 4.79 Å². The summed E-state index contributed by atoms with van der Waals surface area (Å²) in [5, 5.41) is 11.0. The monoisotopic (exact) mass is 230 g/mol. The van der Waals surface area contributed by atoms with Crippen LogP contribution < -0.4 is 5.56 Å². The van der Waals surface area contributed by atoms with Crippen molar-refractivity contribution in [3.63, 3.8) is 0 Å². The maximum absolute atomic E-state index is 11.9. The largest absolute Gasteiger partial charge is 0.315 e. The Bertz CT molecular complexity index is 590. The van der Waals surface area contributed by atoms with Crippen LogP contribution in [0, 0.1) is 11.3 Å². The number of nitriles is 1. The van der Waals surface area contributed by atoms with Crippen molar-refractivity contribution in [3.05, 3.63) is 45.7 Å². The molecule has 0 aliphatic carbocycles. The average molecular weight is 230 g/mol. The van der Waals surface area contributed by atoms with Crippen molar-refractivity contribution in [2.75, 3.05) is 0 Å². The molecule has 16 heavy (non-hydrogen) atoms. The van der Waals surface area contributed by atoms with Crippen LogP contribution in [0.4, 0.5) is 0 Å². The van der Waals surface area contributed by atoms with Gasteiger partial charge in [-0.15, -0.1) is 11.3 Å². The second kappa shape index (κ2) is 4.33. The molecule has 3 nitrogen and oxygen atoms in total. The summed E-state index contributed by atoms with van der Waals surface area (Å²) >= 11 is 1.53. The summed E-state index contributed by atoms with van der Waals surface area (Å²) in [7, 11) is 0. The Morgan fingerprint density at radius 2 is 2.31 bits per heavy atom. The van der Waals surface area contributed by atoms with Crippen molar-refractivity contribution in [1.82, 2.24) is 4.57 Å². The Morgan fingerprint density at radius 3 is 2.88 bits per heavy atom. The molecule has 80 valence electrons. The molecule has 0 amide bonds. The van der Waals surface area contributed by atoms with Crippen molar-refractivity contribution in [2.45, 2.75) is 13.5 Å². The number of hydrogen-bond donors (Lipinski definition) is 0. The molecule has 0 aliphatic rings. The van der Waals surface area contributed by atoms with Crippen LogP contribution in [-0.4, -0.2) is 4.57 Å². The molecule has 0 spiro atoms. The number of thiophene rings is 1. The van der Waals surface area contributed by atoms with E-state index in [0.717, 1.165) is 10.4 Å². The normalized spacial score (nSPS) is 10.0. The molecule has 0 N–H and O–H groups in total. The molecule has 0 saturated carbocycles. The fourth-order valence-electron chi connectivity index (χ4n) is 1.57. The van der Waals surface area contributed by atoms with E-state index in [-0.39, 0.29) is 11.1 Å². The Hall–Kier alpha value is -1.86. The minimum absolute atomic E-state index is 0.212. The Balaban J connectivity index is 2.70. The minimum Gasteiger partial charge on any atom is -0.315 e. The third kappa shape index (κ3) is 1.66. The Kier molecular flexibility index (Phi) is 2.88. The first-order valence-electron chi connectivity index (χ1n) is 4.95. The van der Waals surface area contributed by atoms with Crippen LogP contribution in [0.15, 0.2) is 34.6 Å². The lowest BCUT2D eigenvalue weighted by molar-refractivity contribution is 0.725. The van der Waals surface area contributed by atoms with Crippen LogP contribution in [0.2, 0.25) is 0 Å². The quantitative estimate of drug-likeness (QED) is 0.795. The van der Waals surface area contributed by atoms with Crippen LogP contribution in [0.5, 0.6) is 0 Å². The predicted molar refractivity (Wildman–Crippen MR) is 64.4 cm³/mol. The molecule has 2 rings (SSSR count). The molecule has 0 aromatic carbocycles. The first-order valence-corrected chi connectivity index (χ1v) is 5.83. The number of aryl methyl sites for hydroxylation is 1. The Labute approximate surface area is 97.2 Å². The van der Waals surface area contributed by atoms with Crippen LogP contribution in [0.3, 0.4) is 0 Å². The van der Waals surface area contributed by atoms with Gasteiger partial charge in [0.25, 0.3) is 5.56 Å². The van der Waals surface area contributed by atoms with Crippen LogP contribution in [-0.2, 0) is 6.54 Å². The molecule has 0 unspecified atom stereocenters. The van der Waals surface area contributed by atoms with E-state index >= 15 is 0 Å². The molecular formula is C12H10N2OS. The van der Waals surface area contributed by atoms with Gasteiger partial charge < -0.3 is 4.57 Å². The first-order chi connectivity index (χ1) is 7.77. The maximum atomic E-state index is 11.9. The lowest BCUT2D eigenvalue weighted by atomic mass is 10.1. The van der Waals surface area contributed by atoms with E-state index in [2.05, 4.69) is 0 Å². The molecule has 2 aromatic heterocycles. The standard InChI is InChI=1S/C12H10N2OS/c1-2-14-6-5-9(10(8-13)12(14)15)11-4-3-7-16-11/h3-7H,2H2,1H3. The molecule has 0 aliphatic heterocycles. The van der Waals surface area contributed by atoms with E-state index in [1.807, 2.05) is 36.6 Å². The van der Waals surface area contributed by atoms with Crippen molar-refractivity contribution in [2.24, 2.45) is 0 Å². The number of nitrogens with zero attached hydrogens (tertiary/aromatic N) is 2. The molecule has 2 heterocycles. The third-order valence-corrected chi connectivity index (χ3v) is 3.31. The van der Waals surface area contributed by atoms with E-state index < -0.39 is 0 Å². The second-order valence-electron chi connectivity index (χ2n) is 3.28. The lowest BCUT2D eigenvalue weighted by Gasteiger charge is -2.05. The lowest BCUT2D eigenvalue weighted by Crippen LogP contribution is -2.21. The van der Waals surface area contributed by atoms with Crippen LogP contribution in [0.1, 0.15) is 12.5 Å². The maximum Gasteiger partial charge on any atom is 0.269 e. The van der Waals surface area contributed by atoms with Crippen LogP contribution in [0.25, 0.3) is 10.4 Å². The van der Waals surface area contributed by atoms with E-state index in [9.17, 15) is 4.79 Å². The number of pyridine rings is 1. The van der Waals surface area contributed by atoms with E-state index in [1.165, 1.54) is 15.9 Å². The van der Waals surface area contributed by atoms with E-state index in [1.54, 1.807) is 6.20 Å². The summed E-state index contributed by atoms with van der Waals surface area (Å²) in [5.74, 6) is 0. The number of rotatable bonds is 2.